The zero-order valence-corrected chi connectivity index (χ0v) is 17.0. The Kier molecular flexibility index (Phi) is 5.86. The minimum Gasteiger partial charge on any atom is -0.478 e. The third-order valence-electron chi connectivity index (χ3n) is 5.96. The molecule has 1 fully saturated rings. The Balaban J connectivity index is 1.23. The molecule has 0 aliphatic carbocycles. The van der Waals surface area contributed by atoms with Gasteiger partial charge in [0.25, 0.3) is 0 Å². The number of carboxylic acid groups (broad SMARTS) is 1. The molecule has 1 aromatic heterocycles. The van der Waals surface area contributed by atoms with E-state index >= 15 is 0 Å². The number of aryl methyl sites for hydroxylation is 2. The van der Waals surface area contributed by atoms with E-state index in [1.165, 1.54) is 16.8 Å². The van der Waals surface area contributed by atoms with Crippen molar-refractivity contribution < 1.29 is 9.90 Å². The predicted molar refractivity (Wildman–Crippen MR) is 118 cm³/mol. The second-order valence-corrected chi connectivity index (χ2v) is 8.00. The number of piperazine rings is 1. The summed E-state index contributed by atoms with van der Waals surface area (Å²) < 4.78 is 0. The van der Waals surface area contributed by atoms with Crippen molar-refractivity contribution in [2.45, 2.75) is 26.2 Å². The van der Waals surface area contributed by atoms with Crippen LogP contribution in [0.15, 0.2) is 48.7 Å². The van der Waals surface area contributed by atoms with Gasteiger partial charge in [-0.05, 0) is 68.6 Å². The maximum atomic E-state index is 11.2. The molecule has 5 heteroatoms. The maximum absolute atomic E-state index is 11.2. The smallest absolute Gasteiger partial charge is 0.335 e. The summed E-state index contributed by atoms with van der Waals surface area (Å²) in [6.07, 6.45) is 5.28. The second-order valence-electron chi connectivity index (χ2n) is 8.00. The van der Waals surface area contributed by atoms with Gasteiger partial charge in [-0.2, -0.15) is 0 Å². The van der Waals surface area contributed by atoms with E-state index in [9.17, 15) is 9.90 Å². The first-order valence-electron chi connectivity index (χ1n) is 10.5. The summed E-state index contributed by atoms with van der Waals surface area (Å²) in [4.78, 5) is 19.5. The molecule has 0 amide bonds. The van der Waals surface area contributed by atoms with Crippen molar-refractivity contribution in [3.8, 4) is 0 Å². The summed E-state index contributed by atoms with van der Waals surface area (Å²) in [6.45, 7) is 7.66. The highest BCUT2D eigenvalue weighted by molar-refractivity contribution is 5.94. The third kappa shape index (κ3) is 4.62. The number of benzene rings is 2. The largest absolute Gasteiger partial charge is 0.478 e. The number of rotatable bonds is 7. The van der Waals surface area contributed by atoms with Crippen LogP contribution in [0.4, 0.5) is 5.69 Å². The highest BCUT2D eigenvalue weighted by atomic mass is 16.4. The lowest BCUT2D eigenvalue weighted by Crippen LogP contribution is -2.46. The minimum atomic E-state index is -0.871. The molecule has 4 rings (SSSR count). The number of anilines is 1. The summed E-state index contributed by atoms with van der Waals surface area (Å²) in [7, 11) is 0. The summed E-state index contributed by atoms with van der Waals surface area (Å²) in [5, 5.41) is 10.3. The van der Waals surface area contributed by atoms with Crippen LogP contribution in [0.3, 0.4) is 0 Å². The molecule has 0 saturated carbocycles. The topological polar surface area (TPSA) is 59.6 Å². The fourth-order valence-corrected chi connectivity index (χ4v) is 4.15. The Morgan fingerprint density at radius 2 is 1.79 bits per heavy atom. The molecule has 0 bridgehead atoms. The SMILES string of the molecule is Cc1ccc(N2CCN(CCCCc3c[nH]c4ccc(C(=O)O)cc34)CC2)cc1. The van der Waals surface area contributed by atoms with Gasteiger partial charge >= 0.3 is 5.97 Å². The van der Waals surface area contributed by atoms with E-state index < -0.39 is 5.97 Å². The Bertz CT molecular complexity index is 969. The van der Waals surface area contributed by atoms with Crippen LogP contribution in [0.5, 0.6) is 0 Å². The molecule has 0 unspecified atom stereocenters. The van der Waals surface area contributed by atoms with Crippen LogP contribution < -0.4 is 4.90 Å². The number of hydrogen-bond donors (Lipinski definition) is 2. The molecule has 29 heavy (non-hydrogen) atoms. The molecular formula is C24H29N3O2. The lowest BCUT2D eigenvalue weighted by molar-refractivity contribution is 0.0697. The van der Waals surface area contributed by atoms with Crippen LogP contribution in [-0.4, -0.2) is 53.7 Å². The Labute approximate surface area is 171 Å². The number of carboxylic acids is 1. The number of hydrogen-bond acceptors (Lipinski definition) is 3. The van der Waals surface area contributed by atoms with Crippen molar-refractivity contribution >= 4 is 22.6 Å². The Hall–Kier alpha value is -2.79. The molecule has 2 aromatic carbocycles. The fourth-order valence-electron chi connectivity index (χ4n) is 4.15. The maximum Gasteiger partial charge on any atom is 0.335 e. The summed E-state index contributed by atoms with van der Waals surface area (Å²) in [5.74, 6) is -0.871. The second kappa shape index (κ2) is 8.70. The molecule has 1 saturated heterocycles. The predicted octanol–water partition coefficient (Wildman–Crippen LogP) is 4.32. The van der Waals surface area contributed by atoms with Gasteiger partial charge in [0.15, 0.2) is 0 Å². The lowest BCUT2D eigenvalue weighted by atomic mass is 10.0. The van der Waals surface area contributed by atoms with Crippen molar-refractivity contribution in [3.05, 3.63) is 65.4 Å². The van der Waals surface area contributed by atoms with Crippen LogP contribution in [0.25, 0.3) is 10.9 Å². The molecule has 1 aliphatic heterocycles. The summed E-state index contributed by atoms with van der Waals surface area (Å²) >= 11 is 0. The first-order valence-corrected chi connectivity index (χ1v) is 10.5. The monoisotopic (exact) mass is 391 g/mol. The van der Waals surface area contributed by atoms with E-state index in [-0.39, 0.29) is 0 Å². The molecular weight excluding hydrogens is 362 g/mol. The molecule has 2 N–H and O–H groups in total. The first kappa shape index (κ1) is 19.5. The minimum absolute atomic E-state index is 0.352. The fraction of sp³-hybridized carbons (Fsp3) is 0.375. The Morgan fingerprint density at radius 3 is 2.52 bits per heavy atom. The number of H-pyrrole nitrogens is 1. The van der Waals surface area contributed by atoms with Gasteiger partial charge in [-0.1, -0.05) is 17.7 Å². The van der Waals surface area contributed by atoms with Crippen LogP contribution in [0.1, 0.15) is 34.3 Å². The first-order chi connectivity index (χ1) is 14.1. The highest BCUT2D eigenvalue weighted by Gasteiger charge is 2.16. The third-order valence-corrected chi connectivity index (χ3v) is 5.96. The quantitative estimate of drug-likeness (QED) is 0.589. The number of carbonyl (C=O) groups is 1. The van der Waals surface area contributed by atoms with Crippen LogP contribution in [0.2, 0.25) is 0 Å². The molecule has 5 nitrogen and oxygen atoms in total. The number of aromatic carboxylic acids is 1. The number of fused-ring (bicyclic) bond motifs is 1. The van der Waals surface area contributed by atoms with E-state index in [4.69, 9.17) is 0 Å². The van der Waals surface area contributed by atoms with E-state index in [2.05, 4.69) is 46.0 Å². The molecule has 0 spiro atoms. The summed E-state index contributed by atoms with van der Waals surface area (Å²) in [6, 6.07) is 14.1. The van der Waals surface area contributed by atoms with Gasteiger partial charge in [-0.3, -0.25) is 4.90 Å². The number of unbranched alkanes of at least 4 members (excludes halogenated alkanes) is 1. The number of aromatic amines is 1. The van der Waals surface area contributed by atoms with Crippen molar-refractivity contribution in [1.82, 2.24) is 9.88 Å². The average molecular weight is 392 g/mol. The van der Waals surface area contributed by atoms with Gasteiger partial charge < -0.3 is 15.0 Å². The van der Waals surface area contributed by atoms with Gasteiger partial charge in [0.1, 0.15) is 0 Å². The van der Waals surface area contributed by atoms with Gasteiger partial charge in [-0.25, -0.2) is 4.79 Å². The molecule has 0 radical (unpaired) electrons. The summed E-state index contributed by atoms with van der Waals surface area (Å²) in [5.41, 5.74) is 5.21. The molecule has 3 aromatic rings. The average Bonchev–Trinajstić information content (AvgIpc) is 3.14. The van der Waals surface area contributed by atoms with Crippen molar-refractivity contribution in [1.29, 1.82) is 0 Å². The van der Waals surface area contributed by atoms with Gasteiger partial charge in [0, 0.05) is 49.0 Å². The zero-order valence-electron chi connectivity index (χ0n) is 17.0. The lowest BCUT2D eigenvalue weighted by Gasteiger charge is -2.36. The number of aromatic nitrogens is 1. The van der Waals surface area contributed by atoms with Gasteiger partial charge in [0.05, 0.1) is 5.56 Å². The number of nitrogens with zero attached hydrogens (tertiary/aromatic N) is 2. The molecule has 1 aliphatic rings. The number of nitrogens with one attached hydrogen (secondary N) is 1. The highest BCUT2D eigenvalue weighted by Crippen LogP contribution is 2.22. The normalized spacial score (nSPS) is 15.1. The van der Waals surface area contributed by atoms with E-state index in [0.29, 0.717) is 5.56 Å². The van der Waals surface area contributed by atoms with E-state index in [1.54, 1.807) is 12.1 Å². The van der Waals surface area contributed by atoms with E-state index in [1.807, 2.05) is 12.3 Å². The van der Waals surface area contributed by atoms with Crippen LogP contribution >= 0.6 is 0 Å². The zero-order chi connectivity index (χ0) is 20.2. The van der Waals surface area contributed by atoms with Crippen molar-refractivity contribution in [3.63, 3.8) is 0 Å². The standard InChI is InChI=1S/C24H29N3O2/c1-18-5-8-21(9-6-18)27-14-12-26(13-15-27)11-3-2-4-20-17-25-23-10-7-19(24(28)29)16-22(20)23/h5-10,16-17,25H,2-4,11-15H2,1H3,(H,28,29). The van der Waals surface area contributed by atoms with E-state index in [0.717, 1.165) is 62.9 Å². The Morgan fingerprint density at radius 1 is 1.03 bits per heavy atom. The van der Waals surface area contributed by atoms with Crippen molar-refractivity contribution in [2.75, 3.05) is 37.6 Å². The van der Waals surface area contributed by atoms with Gasteiger partial charge in [0.2, 0.25) is 0 Å². The van der Waals surface area contributed by atoms with Crippen molar-refractivity contribution in [2.24, 2.45) is 0 Å². The van der Waals surface area contributed by atoms with Crippen LogP contribution in [-0.2, 0) is 6.42 Å². The molecule has 152 valence electrons. The molecule has 2 heterocycles. The van der Waals surface area contributed by atoms with Crippen LogP contribution in [0, 0.1) is 6.92 Å². The molecule has 0 atom stereocenters. The van der Waals surface area contributed by atoms with Gasteiger partial charge in [-0.15, -0.1) is 0 Å².